The van der Waals surface area contributed by atoms with Gasteiger partial charge in [-0.2, -0.15) is 0 Å². The SMILES string of the molecule is CC(C)=CCC[C@@H](C)[C@H]1[C@H](O)C[C@@]2(C)C3=C(CC[C@]12C)[C@@]1(C)CC[C@H](O)C(C)(C)[C@@H]1CC3. The smallest absolute Gasteiger partial charge is 0.0594 e. The summed E-state index contributed by atoms with van der Waals surface area (Å²) in [6.07, 6.45) is 12.1. The molecule has 32 heavy (non-hydrogen) atoms. The lowest BCUT2D eigenvalue weighted by Crippen LogP contribution is -2.55. The van der Waals surface area contributed by atoms with Crippen LogP contribution in [0.4, 0.5) is 0 Å². The normalized spacial score (nSPS) is 46.2. The summed E-state index contributed by atoms with van der Waals surface area (Å²) >= 11 is 0. The molecule has 4 rings (SSSR count). The van der Waals surface area contributed by atoms with Crippen LogP contribution in [0.2, 0.25) is 0 Å². The zero-order chi connectivity index (χ0) is 23.7. The summed E-state index contributed by atoms with van der Waals surface area (Å²) in [5.41, 5.74) is 5.36. The van der Waals surface area contributed by atoms with E-state index < -0.39 is 0 Å². The molecule has 0 radical (unpaired) electrons. The highest BCUT2D eigenvalue weighted by atomic mass is 16.3. The zero-order valence-electron chi connectivity index (χ0n) is 22.2. The Hall–Kier alpha value is -0.600. The van der Waals surface area contributed by atoms with Crippen LogP contribution in [0.3, 0.4) is 0 Å². The summed E-state index contributed by atoms with van der Waals surface area (Å²) in [7, 11) is 0. The molecule has 182 valence electrons. The molecule has 0 spiro atoms. The van der Waals surface area contributed by atoms with Crippen molar-refractivity contribution in [3.8, 4) is 0 Å². The maximum absolute atomic E-state index is 11.5. The largest absolute Gasteiger partial charge is 0.393 e. The van der Waals surface area contributed by atoms with Gasteiger partial charge in [0.1, 0.15) is 0 Å². The Balaban J connectivity index is 1.69. The standard InChI is InChI=1S/C30H50O2/c1-19(2)10-9-11-20(3)26-23(31)18-30(8)22-12-13-24-27(4,5)25(32)15-16-28(24,6)21(22)14-17-29(26,30)7/h10,20,23-26,31-32H,9,11-18H2,1-8H3/t20-,23-,24+,25+,26+,28-,29-,30+/m1/s1. The number of aliphatic hydroxyl groups excluding tert-OH is 2. The number of fused-ring (bicyclic) bond motifs is 4. The molecule has 2 fully saturated rings. The van der Waals surface area contributed by atoms with Gasteiger partial charge in [-0.15, -0.1) is 0 Å². The fourth-order valence-corrected chi connectivity index (χ4v) is 9.61. The van der Waals surface area contributed by atoms with Gasteiger partial charge < -0.3 is 10.2 Å². The first-order valence-corrected chi connectivity index (χ1v) is 13.5. The fourth-order valence-electron chi connectivity index (χ4n) is 9.61. The molecule has 0 bridgehead atoms. The molecule has 2 heteroatoms. The van der Waals surface area contributed by atoms with E-state index in [-0.39, 0.29) is 33.9 Å². The summed E-state index contributed by atoms with van der Waals surface area (Å²) in [6.45, 7) is 19.0. The maximum Gasteiger partial charge on any atom is 0.0594 e. The number of allylic oxidation sites excluding steroid dienone is 4. The van der Waals surface area contributed by atoms with Crippen LogP contribution in [0.1, 0.15) is 113 Å². The van der Waals surface area contributed by atoms with Crippen molar-refractivity contribution in [2.75, 3.05) is 0 Å². The van der Waals surface area contributed by atoms with Gasteiger partial charge in [0, 0.05) is 0 Å². The number of hydrogen-bond donors (Lipinski definition) is 2. The molecule has 2 nitrogen and oxygen atoms in total. The topological polar surface area (TPSA) is 40.5 Å². The van der Waals surface area contributed by atoms with Gasteiger partial charge in [-0.3, -0.25) is 0 Å². The van der Waals surface area contributed by atoms with Gasteiger partial charge >= 0.3 is 0 Å². The fraction of sp³-hybridized carbons (Fsp3) is 0.867. The lowest BCUT2D eigenvalue weighted by atomic mass is 9.43. The van der Waals surface area contributed by atoms with Crippen molar-refractivity contribution in [1.82, 2.24) is 0 Å². The van der Waals surface area contributed by atoms with E-state index in [0.29, 0.717) is 17.8 Å². The second-order valence-corrected chi connectivity index (χ2v) is 13.7. The second-order valence-electron chi connectivity index (χ2n) is 13.7. The second kappa shape index (κ2) is 7.98. The molecule has 0 saturated heterocycles. The molecule has 0 aromatic rings. The molecule has 4 aliphatic rings. The number of hydrogen-bond acceptors (Lipinski definition) is 2. The van der Waals surface area contributed by atoms with E-state index in [2.05, 4.69) is 61.5 Å². The monoisotopic (exact) mass is 442 g/mol. The maximum atomic E-state index is 11.5. The Kier molecular flexibility index (Phi) is 6.11. The third-order valence-electron chi connectivity index (χ3n) is 11.6. The summed E-state index contributed by atoms with van der Waals surface area (Å²) in [4.78, 5) is 0. The first-order valence-electron chi connectivity index (χ1n) is 13.5. The van der Waals surface area contributed by atoms with Crippen molar-refractivity contribution in [1.29, 1.82) is 0 Å². The highest BCUT2D eigenvalue weighted by Gasteiger charge is 2.65. The molecule has 0 aromatic heterocycles. The van der Waals surface area contributed by atoms with Crippen LogP contribution < -0.4 is 0 Å². The van der Waals surface area contributed by atoms with Crippen molar-refractivity contribution < 1.29 is 10.2 Å². The lowest BCUT2D eigenvalue weighted by Gasteiger charge is -2.62. The Labute approximate surface area is 198 Å². The molecular weight excluding hydrogens is 392 g/mol. The molecule has 0 aliphatic heterocycles. The molecule has 2 N–H and O–H groups in total. The van der Waals surface area contributed by atoms with E-state index in [0.717, 1.165) is 25.7 Å². The van der Waals surface area contributed by atoms with Crippen LogP contribution >= 0.6 is 0 Å². The van der Waals surface area contributed by atoms with E-state index in [1.807, 2.05) is 0 Å². The van der Waals surface area contributed by atoms with Gasteiger partial charge in [0.25, 0.3) is 0 Å². The Bertz CT molecular complexity index is 802. The Morgan fingerprint density at radius 2 is 1.69 bits per heavy atom. The molecule has 0 unspecified atom stereocenters. The van der Waals surface area contributed by atoms with Crippen LogP contribution in [-0.2, 0) is 0 Å². The minimum Gasteiger partial charge on any atom is -0.393 e. The van der Waals surface area contributed by atoms with Gasteiger partial charge in [-0.1, -0.05) is 64.3 Å². The third kappa shape index (κ3) is 3.33. The average Bonchev–Trinajstić information content (AvgIpc) is 2.90. The zero-order valence-corrected chi connectivity index (χ0v) is 22.2. The molecule has 2 saturated carbocycles. The highest BCUT2D eigenvalue weighted by molar-refractivity contribution is 5.39. The lowest BCUT2D eigenvalue weighted by molar-refractivity contribution is -0.0964. The van der Waals surface area contributed by atoms with Gasteiger partial charge in [0.05, 0.1) is 12.2 Å². The Morgan fingerprint density at radius 3 is 2.34 bits per heavy atom. The molecule has 0 aromatic carbocycles. The summed E-state index contributed by atoms with van der Waals surface area (Å²) in [5.74, 6) is 1.50. The van der Waals surface area contributed by atoms with Crippen molar-refractivity contribution in [2.45, 2.75) is 125 Å². The highest BCUT2D eigenvalue weighted by Crippen LogP contribution is 2.72. The summed E-state index contributed by atoms with van der Waals surface area (Å²) in [6, 6.07) is 0. The van der Waals surface area contributed by atoms with Gasteiger partial charge in [0.15, 0.2) is 0 Å². The van der Waals surface area contributed by atoms with E-state index in [4.69, 9.17) is 0 Å². The van der Waals surface area contributed by atoms with Crippen molar-refractivity contribution in [3.63, 3.8) is 0 Å². The van der Waals surface area contributed by atoms with Gasteiger partial charge in [0.2, 0.25) is 0 Å². The number of rotatable bonds is 4. The molecule has 4 aliphatic carbocycles. The minimum atomic E-state index is -0.186. The van der Waals surface area contributed by atoms with Crippen LogP contribution in [0.15, 0.2) is 22.8 Å². The van der Waals surface area contributed by atoms with Crippen LogP contribution in [-0.4, -0.2) is 22.4 Å². The quantitative estimate of drug-likeness (QED) is 0.444. The first kappa shape index (κ1) is 24.5. The Morgan fingerprint density at radius 1 is 1.00 bits per heavy atom. The molecule has 8 atom stereocenters. The van der Waals surface area contributed by atoms with Crippen molar-refractivity contribution in [2.24, 2.45) is 39.4 Å². The first-order chi connectivity index (χ1) is 14.8. The molecule has 0 amide bonds. The predicted octanol–water partition coefficient (Wildman–Crippen LogP) is 7.45. The van der Waals surface area contributed by atoms with Gasteiger partial charge in [-0.05, 0) is 111 Å². The van der Waals surface area contributed by atoms with E-state index in [1.165, 1.54) is 37.7 Å². The van der Waals surface area contributed by atoms with Crippen molar-refractivity contribution >= 4 is 0 Å². The third-order valence-corrected chi connectivity index (χ3v) is 11.6. The van der Waals surface area contributed by atoms with Crippen LogP contribution in [0.5, 0.6) is 0 Å². The number of aliphatic hydroxyl groups is 2. The van der Waals surface area contributed by atoms with E-state index in [1.54, 1.807) is 11.1 Å². The summed E-state index contributed by atoms with van der Waals surface area (Å²) < 4.78 is 0. The molecule has 0 heterocycles. The van der Waals surface area contributed by atoms with E-state index >= 15 is 0 Å². The van der Waals surface area contributed by atoms with Gasteiger partial charge in [-0.25, -0.2) is 0 Å². The molecular formula is C30H50O2. The summed E-state index contributed by atoms with van der Waals surface area (Å²) in [5, 5.41) is 22.3. The van der Waals surface area contributed by atoms with Crippen LogP contribution in [0, 0.1) is 39.4 Å². The van der Waals surface area contributed by atoms with Crippen molar-refractivity contribution in [3.05, 3.63) is 22.8 Å². The van der Waals surface area contributed by atoms with E-state index in [9.17, 15) is 10.2 Å². The predicted molar refractivity (Wildman–Crippen MR) is 134 cm³/mol. The minimum absolute atomic E-state index is 0.00957. The average molecular weight is 443 g/mol. The van der Waals surface area contributed by atoms with Crippen LogP contribution in [0.25, 0.3) is 0 Å².